The van der Waals surface area contributed by atoms with Gasteiger partial charge in [-0.15, -0.1) is 6.42 Å². The molecule has 2 rings (SSSR count). The van der Waals surface area contributed by atoms with Crippen LogP contribution in [-0.2, 0) is 0 Å². The van der Waals surface area contributed by atoms with Crippen molar-refractivity contribution in [2.75, 3.05) is 5.32 Å². The maximum atomic E-state index is 10.0. The van der Waals surface area contributed by atoms with E-state index in [1.165, 1.54) is 12.8 Å². The van der Waals surface area contributed by atoms with Crippen LogP contribution < -0.4 is 5.32 Å². The number of aliphatic hydroxyl groups excluding tert-OH is 1. The second-order valence-corrected chi connectivity index (χ2v) is 4.68. The van der Waals surface area contributed by atoms with Gasteiger partial charge in [0.2, 0.25) is 0 Å². The van der Waals surface area contributed by atoms with Crippen LogP contribution >= 0.6 is 0 Å². The first-order valence-electron chi connectivity index (χ1n) is 6.31. The molecule has 2 N–H and O–H groups in total. The van der Waals surface area contributed by atoms with Crippen molar-refractivity contribution >= 4 is 5.69 Å². The zero-order valence-electron chi connectivity index (χ0n) is 10.0. The number of aliphatic hydroxyl groups is 1. The van der Waals surface area contributed by atoms with Gasteiger partial charge in [0.05, 0.1) is 12.1 Å². The van der Waals surface area contributed by atoms with Gasteiger partial charge in [-0.25, -0.2) is 0 Å². The average molecular weight is 229 g/mol. The van der Waals surface area contributed by atoms with Crippen molar-refractivity contribution in [3.05, 3.63) is 29.8 Å². The molecule has 0 amide bonds. The standard InChI is InChI=1S/C15H19NO/c1-2-12-7-6-8-13(11-12)16-14-9-4-3-5-10-15(14)17/h1,6-8,11,14-17H,3-5,9-10H2. The SMILES string of the molecule is C#Cc1cccc(NC2CCCCCC2O)c1. The van der Waals surface area contributed by atoms with Crippen molar-refractivity contribution in [3.63, 3.8) is 0 Å². The van der Waals surface area contributed by atoms with E-state index in [1.54, 1.807) is 0 Å². The number of rotatable bonds is 2. The van der Waals surface area contributed by atoms with Crippen molar-refractivity contribution in [3.8, 4) is 12.3 Å². The van der Waals surface area contributed by atoms with E-state index in [4.69, 9.17) is 6.42 Å². The zero-order valence-corrected chi connectivity index (χ0v) is 10.0. The normalized spacial score (nSPS) is 24.7. The monoisotopic (exact) mass is 229 g/mol. The van der Waals surface area contributed by atoms with E-state index < -0.39 is 0 Å². The van der Waals surface area contributed by atoms with Crippen LogP contribution in [0.2, 0.25) is 0 Å². The van der Waals surface area contributed by atoms with Crippen LogP contribution in [0.4, 0.5) is 5.69 Å². The van der Waals surface area contributed by atoms with Crippen LogP contribution in [-0.4, -0.2) is 17.3 Å². The quantitative estimate of drug-likeness (QED) is 0.603. The molecule has 0 saturated heterocycles. The third-order valence-electron chi connectivity index (χ3n) is 3.36. The van der Waals surface area contributed by atoms with Crippen LogP contribution in [0, 0.1) is 12.3 Å². The van der Waals surface area contributed by atoms with E-state index in [1.807, 2.05) is 24.3 Å². The predicted molar refractivity (Wildman–Crippen MR) is 70.9 cm³/mol. The summed E-state index contributed by atoms with van der Waals surface area (Å²) in [4.78, 5) is 0. The summed E-state index contributed by atoms with van der Waals surface area (Å²) in [5, 5.41) is 13.4. The fourth-order valence-electron chi connectivity index (χ4n) is 2.37. The molecule has 1 saturated carbocycles. The van der Waals surface area contributed by atoms with Gasteiger partial charge in [0.15, 0.2) is 0 Å². The molecule has 2 heteroatoms. The highest BCUT2D eigenvalue weighted by Gasteiger charge is 2.21. The Balaban J connectivity index is 2.05. The van der Waals surface area contributed by atoms with Gasteiger partial charge in [-0.1, -0.05) is 31.2 Å². The molecule has 0 spiro atoms. The number of hydrogen-bond acceptors (Lipinski definition) is 2. The topological polar surface area (TPSA) is 32.3 Å². The van der Waals surface area contributed by atoms with Crippen LogP contribution in [0.25, 0.3) is 0 Å². The first-order valence-corrected chi connectivity index (χ1v) is 6.31. The molecule has 0 aliphatic heterocycles. The number of anilines is 1. The molecule has 0 radical (unpaired) electrons. The Kier molecular flexibility index (Phi) is 4.06. The highest BCUT2D eigenvalue weighted by atomic mass is 16.3. The van der Waals surface area contributed by atoms with Crippen molar-refractivity contribution in [2.24, 2.45) is 0 Å². The number of benzene rings is 1. The van der Waals surface area contributed by atoms with E-state index in [9.17, 15) is 5.11 Å². The van der Waals surface area contributed by atoms with Crippen molar-refractivity contribution < 1.29 is 5.11 Å². The van der Waals surface area contributed by atoms with Crippen molar-refractivity contribution in [1.82, 2.24) is 0 Å². The molecule has 2 atom stereocenters. The summed E-state index contributed by atoms with van der Waals surface area (Å²) in [6, 6.07) is 7.97. The number of terminal acetylenes is 1. The Bertz CT molecular complexity index is 408. The fraction of sp³-hybridized carbons (Fsp3) is 0.467. The van der Waals surface area contributed by atoms with Crippen LogP contribution in [0.3, 0.4) is 0 Å². The molecular weight excluding hydrogens is 210 g/mol. The summed E-state index contributed by atoms with van der Waals surface area (Å²) in [6.45, 7) is 0. The molecule has 0 heterocycles. The van der Waals surface area contributed by atoms with E-state index in [0.29, 0.717) is 0 Å². The van der Waals surface area contributed by atoms with Gasteiger partial charge in [0.25, 0.3) is 0 Å². The lowest BCUT2D eigenvalue weighted by Gasteiger charge is -2.23. The van der Waals surface area contributed by atoms with Gasteiger partial charge in [0, 0.05) is 11.3 Å². The molecule has 0 aromatic heterocycles. The first-order chi connectivity index (χ1) is 8.29. The van der Waals surface area contributed by atoms with E-state index in [0.717, 1.165) is 30.5 Å². The lowest BCUT2D eigenvalue weighted by molar-refractivity contribution is 0.144. The summed E-state index contributed by atoms with van der Waals surface area (Å²) < 4.78 is 0. The van der Waals surface area contributed by atoms with Gasteiger partial charge >= 0.3 is 0 Å². The van der Waals surface area contributed by atoms with Gasteiger partial charge in [0.1, 0.15) is 0 Å². The average Bonchev–Trinajstić information content (AvgIpc) is 2.55. The van der Waals surface area contributed by atoms with Crippen LogP contribution in [0.1, 0.15) is 37.7 Å². The lowest BCUT2D eigenvalue weighted by Crippen LogP contribution is -2.32. The van der Waals surface area contributed by atoms with E-state index >= 15 is 0 Å². The summed E-state index contributed by atoms with van der Waals surface area (Å²) >= 11 is 0. The molecular formula is C15H19NO. The largest absolute Gasteiger partial charge is 0.391 e. The fourth-order valence-corrected chi connectivity index (χ4v) is 2.37. The smallest absolute Gasteiger partial charge is 0.0741 e. The van der Waals surface area contributed by atoms with Gasteiger partial charge < -0.3 is 10.4 Å². The Morgan fingerprint density at radius 2 is 2.06 bits per heavy atom. The third-order valence-corrected chi connectivity index (χ3v) is 3.36. The summed E-state index contributed by atoms with van der Waals surface area (Å²) in [7, 11) is 0. The van der Waals surface area contributed by atoms with Crippen LogP contribution in [0.5, 0.6) is 0 Å². The lowest BCUT2D eigenvalue weighted by atomic mass is 10.1. The summed E-state index contributed by atoms with van der Waals surface area (Å²) in [6.07, 6.45) is 10.6. The van der Waals surface area contributed by atoms with Gasteiger partial charge in [-0.05, 0) is 31.0 Å². The van der Waals surface area contributed by atoms with Gasteiger partial charge in [-0.3, -0.25) is 0 Å². The predicted octanol–water partition coefficient (Wildman–Crippen LogP) is 2.77. The minimum atomic E-state index is -0.244. The summed E-state index contributed by atoms with van der Waals surface area (Å²) in [5.41, 5.74) is 1.88. The third kappa shape index (κ3) is 3.25. The van der Waals surface area contributed by atoms with Crippen LogP contribution in [0.15, 0.2) is 24.3 Å². The first kappa shape index (κ1) is 12.0. The van der Waals surface area contributed by atoms with Crippen molar-refractivity contribution in [1.29, 1.82) is 0 Å². The maximum Gasteiger partial charge on any atom is 0.0741 e. The molecule has 1 aromatic rings. The molecule has 2 nitrogen and oxygen atoms in total. The zero-order chi connectivity index (χ0) is 12.1. The molecule has 0 bridgehead atoms. The molecule has 2 unspecified atom stereocenters. The molecule has 17 heavy (non-hydrogen) atoms. The molecule has 1 aliphatic rings. The van der Waals surface area contributed by atoms with Crippen molar-refractivity contribution in [2.45, 2.75) is 44.2 Å². The Morgan fingerprint density at radius 3 is 2.88 bits per heavy atom. The highest BCUT2D eigenvalue weighted by Crippen LogP contribution is 2.22. The van der Waals surface area contributed by atoms with E-state index in [-0.39, 0.29) is 12.1 Å². The summed E-state index contributed by atoms with van der Waals surface area (Å²) in [5.74, 6) is 2.63. The minimum absolute atomic E-state index is 0.158. The second-order valence-electron chi connectivity index (χ2n) is 4.68. The molecule has 1 fully saturated rings. The Morgan fingerprint density at radius 1 is 1.24 bits per heavy atom. The van der Waals surface area contributed by atoms with E-state index in [2.05, 4.69) is 11.2 Å². The Hall–Kier alpha value is -1.46. The highest BCUT2D eigenvalue weighted by molar-refractivity contribution is 5.50. The maximum absolute atomic E-state index is 10.0. The molecule has 1 aromatic carbocycles. The minimum Gasteiger partial charge on any atom is -0.391 e. The number of hydrogen-bond donors (Lipinski definition) is 2. The Labute approximate surface area is 103 Å². The molecule has 1 aliphatic carbocycles. The number of nitrogens with one attached hydrogen (secondary N) is 1. The molecule has 90 valence electrons. The van der Waals surface area contributed by atoms with Gasteiger partial charge in [-0.2, -0.15) is 0 Å². The second kappa shape index (κ2) is 5.75.